The highest BCUT2D eigenvalue weighted by Gasteiger charge is 2.28. The van der Waals surface area contributed by atoms with Crippen LogP contribution >= 0.6 is 0 Å². The molecular weight excluding hydrogens is 465 g/mol. The van der Waals surface area contributed by atoms with E-state index in [9.17, 15) is 4.39 Å². The van der Waals surface area contributed by atoms with E-state index in [0.717, 1.165) is 56.0 Å². The van der Waals surface area contributed by atoms with Crippen molar-refractivity contribution in [2.75, 3.05) is 37.2 Å². The summed E-state index contributed by atoms with van der Waals surface area (Å²) in [5, 5.41) is 6.72. The number of nitrogens with zero attached hydrogens (tertiary/aromatic N) is 4. The lowest BCUT2D eigenvalue weighted by molar-refractivity contribution is 0.357. The minimum Gasteiger partial charge on any atom is -0.397 e. The molecule has 37 heavy (non-hydrogen) atoms. The number of nitrogen functional groups attached to an aromatic ring is 1. The highest BCUT2D eigenvalue weighted by Crippen LogP contribution is 2.39. The summed E-state index contributed by atoms with van der Waals surface area (Å²) in [5.41, 5.74) is 11.4. The lowest BCUT2D eigenvalue weighted by Crippen LogP contribution is -2.47. The second kappa shape index (κ2) is 11.1. The molecule has 0 unspecified atom stereocenters. The van der Waals surface area contributed by atoms with E-state index >= 15 is 0 Å². The lowest BCUT2D eigenvalue weighted by atomic mass is 9.78. The van der Waals surface area contributed by atoms with Gasteiger partial charge in [-0.1, -0.05) is 31.2 Å². The molecule has 3 heterocycles. The van der Waals surface area contributed by atoms with E-state index in [4.69, 9.17) is 10.7 Å². The van der Waals surface area contributed by atoms with Crippen LogP contribution in [0.5, 0.6) is 0 Å². The zero-order valence-electron chi connectivity index (χ0n) is 21.3. The third kappa shape index (κ3) is 5.49. The molecule has 4 N–H and O–H groups in total. The van der Waals surface area contributed by atoms with E-state index < -0.39 is 0 Å². The van der Waals surface area contributed by atoms with Crippen molar-refractivity contribution in [1.29, 1.82) is 0 Å². The smallest absolute Gasteiger partial charge is 0.139 e. The average Bonchev–Trinajstić information content (AvgIpc) is 2.88. The fourth-order valence-corrected chi connectivity index (χ4v) is 4.95. The first-order valence-electron chi connectivity index (χ1n) is 13.0. The van der Waals surface area contributed by atoms with Crippen molar-refractivity contribution in [3.8, 4) is 0 Å². The molecule has 1 aliphatic heterocycles. The third-order valence-corrected chi connectivity index (χ3v) is 7.26. The van der Waals surface area contributed by atoms with Gasteiger partial charge in [0.2, 0.25) is 0 Å². The molecular formula is C29H34FN7. The number of pyridine rings is 2. The molecule has 2 aromatic heterocycles. The van der Waals surface area contributed by atoms with Crippen molar-refractivity contribution in [3.05, 3.63) is 89.6 Å². The Kier molecular flexibility index (Phi) is 7.46. The van der Waals surface area contributed by atoms with Gasteiger partial charge in [-0.25, -0.2) is 14.4 Å². The SMILES string of the molecule is C=C(/N=C(\c1c(N)cncc1C1CCC1)N1CCNCC1)c1ccnc(N[C@H](C)c2ccccc2F)c1. The Morgan fingerprint density at radius 1 is 1.22 bits per heavy atom. The number of halogens is 1. The maximum Gasteiger partial charge on any atom is 0.139 e. The quantitative estimate of drug-likeness (QED) is 0.314. The molecule has 1 saturated heterocycles. The predicted octanol–water partition coefficient (Wildman–Crippen LogP) is 4.96. The van der Waals surface area contributed by atoms with E-state index in [2.05, 4.69) is 32.1 Å². The molecule has 3 aromatic rings. The maximum absolute atomic E-state index is 14.3. The van der Waals surface area contributed by atoms with Gasteiger partial charge >= 0.3 is 0 Å². The minimum absolute atomic E-state index is 0.245. The largest absolute Gasteiger partial charge is 0.397 e. The number of benzene rings is 1. The van der Waals surface area contributed by atoms with Gasteiger partial charge in [-0.05, 0) is 49.4 Å². The second-order valence-corrected chi connectivity index (χ2v) is 9.76. The number of amidine groups is 1. The molecule has 0 amide bonds. The van der Waals surface area contributed by atoms with E-state index in [-0.39, 0.29) is 11.9 Å². The highest BCUT2D eigenvalue weighted by molar-refractivity contribution is 6.06. The van der Waals surface area contributed by atoms with Crippen LogP contribution in [0.4, 0.5) is 15.9 Å². The monoisotopic (exact) mass is 499 g/mol. The van der Waals surface area contributed by atoms with Gasteiger partial charge in [0.1, 0.15) is 17.5 Å². The van der Waals surface area contributed by atoms with Gasteiger partial charge in [-0.3, -0.25) is 4.98 Å². The summed E-state index contributed by atoms with van der Waals surface area (Å²) >= 11 is 0. The van der Waals surface area contributed by atoms with E-state index in [0.29, 0.717) is 28.7 Å². The molecule has 1 atom stereocenters. The molecule has 2 aliphatic rings. The van der Waals surface area contributed by atoms with Gasteiger partial charge in [0.05, 0.1) is 23.6 Å². The van der Waals surface area contributed by atoms with E-state index in [1.165, 1.54) is 18.1 Å². The van der Waals surface area contributed by atoms with E-state index in [1.807, 2.05) is 31.3 Å². The molecule has 1 aromatic carbocycles. The molecule has 1 aliphatic carbocycles. The number of hydrogen-bond acceptors (Lipinski definition) is 6. The Balaban J connectivity index is 1.47. The molecule has 192 valence electrons. The van der Waals surface area contributed by atoms with Crippen molar-refractivity contribution < 1.29 is 4.39 Å². The van der Waals surface area contributed by atoms with Crippen molar-refractivity contribution in [2.24, 2.45) is 4.99 Å². The topological polar surface area (TPSA) is 91.5 Å². The van der Waals surface area contributed by atoms with Crippen LogP contribution in [0.1, 0.15) is 60.4 Å². The summed E-state index contributed by atoms with van der Waals surface area (Å²) in [4.78, 5) is 16.2. The van der Waals surface area contributed by atoms with Crippen LogP contribution in [-0.4, -0.2) is 46.9 Å². The van der Waals surface area contributed by atoms with Gasteiger partial charge in [0, 0.05) is 55.3 Å². The summed E-state index contributed by atoms with van der Waals surface area (Å²) in [6.07, 6.45) is 8.91. The summed E-state index contributed by atoms with van der Waals surface area (Å²) in [6.45, 7) is 9.66. The van der Waals surface area contributed by atoms with Crippen LogP contribution < -0.4 is 16.4 Å². The fraction of sp³-hybridized carbons (Fsp3) is 0.345. The number of aliphatic imine (C=N–C) groups is 1. The number of piperazine rings is 1. The second-order valence-electron chi connectivity index (χ2n) is 9.76. The Morgan fingerprint density at radius 3 is 2.73 bits per heavy atom. The Labute approximate surface area is 217 Å². The van der Waals surface area contributed by atoms with Crippen molar-refractivity contribution >= 4 is 23.0 Å². The van der Waals surface area contributed by atoms with Crippen LogP contribution in [0.25, 0.3) is 5.70 Å². The zero-order valence-corrected chi connectivity index (χ0v) is 21.3. The van der Waals surface area contributed by atoms with Gasteiger partial charge < -0.3 is 21.3 Å². The first-order chi connectivity index (χ1) is 18.0. The number of hydrogen-bond donors (Lipinski definition) is 3. The summed E-state index contributed by atoms with van der Waals surface area (Å²) in [5.74, 6) is 1.70. The normalized spacial score (nSPS) is 17.2. The number of rotatable bonds is 7. The Morgan fingerprint density at radius 2 is 2.00 bits per heavy atom. The van der Waals surface area contributed by atoms with Crippen LogP contribution in [-0.2, 0) is 0 Å². The van der Waals surface area contributed by atoms with E-state index in [1.54, 1.807) is 24.5 Å². The highest BCUT2D eigenvalue weighted by atomic mass is 19.1. The number of aromatic nitrogens is 2. The maximum atomic E-state index is 14.3. The van der Waals surface area contributed by atoms with Crippen molar-refractivity contribution in [1.82, 2.24) is 20.2 Å². The fourth-order valence-electron chi connectivity index (χ4n) is 4.95. The molecule has 2 fully saturated rings. The number of anilines is 2. The van der Waals surface area contributed by atoms with Gasteiger partial charge in [-0.2, -0.15) is 0 Å². The van der Waals surface area contributed by atoms with Crippen molar-refractivity contribution in [2.45, 2.75) is 38.1 Å². The standard InChI is InChI=1S/C29H34FN7/c1-19(22-10-11-34-27(16-22)35-20(2)23-8-3-4-9-25(23)30)36-29(37-14-12-32-13-15-37)28-24(21-6-5-7-21)17-33-18-26(28)31/h3-4,8-11,16-18,20-21,32H,1,5-7,12-15,31H2,2H3,(H,34,35)/b36-29+/t20-/m1/s1. The Bertz CT molecular complexity index is 1290. The van der Waals surface area contributed by atoms with Crippen LogP contribution in [0.3, 0.4) is 0 Å². The lowest BCUT2D eigenvalue weighted by Gasteiger charge is -2.34. The number of nitrogens with two attached hydrogens (primary N) is 1. The van der Waals surface area contributed by atoms with Gasteiger partial charge in [-0.15, -0.1) is 0 Å². The van der Waals surface area contributed by atoms with Crippen LogP contribution in [0.2, 0.25) is 0 Å². The van der Waals surface area contributed by atoms with Crippen LogP contribution in [0, 0.1) is 5.82 Å². The number of nitrogens with one attached hydrogen (secondary N) is 2. The minimum atomic E-state index is -0.251. The van der Waals surface area contributed by atoms with Gasteiger partial charge in [0.15, 0.2) is 0 Å². The zero-order chi connectivity index (χ0) is 25.8. The molecule has 0 spiro atoms. The van der Waals surface area contributed by atoms with Gasteiger partial charge in [0.25, 0.3) is 0 Å². The molecule has 0 radical (unpaired) electrons. The summed E-state index contributed by atoms with van der Waals surface area (Å²) in [6, 6.07) is 10.3. The van der Waals surface area contributed by atoms with Crippen LogP contribution in [0.15, 0.2) is 66.6 Å². The molecule has 8 heteroatoms. The molecule has 5 rings (SSSR count). The molecule has 0 bridgehead atoms. The Hall–Kier alpha value is -3.78. The molecule has 7 nitrogen and oxygen atoms in total. The third-order valence-electron chi connectivity index (χ3n) is 7.26. The first kappa shape index (κ1) is 24.9. The molecule has 1 saturated carbocycles. The first-order valence-corrected chi connectivity index (χ1v) is 13.0. The predicted molar refractivity (Wildman–Crippen MR) is 148 cm³/mol. The summed E-state index contributed by atoms with van der Waals surface area (Å²) < 4.78 is 14.3. The average molecular weight is 500 g/mol. The summed E-state index contributed by atoms with van der Waals surface area (Å²) in [7, 11) is 0. The van der Waals surface area contributed by atoms with Crippen molar-refractivity contribution in [3.63, 3.8) is 0 Å².